The summed E-state index contributed by atoms with van der Waals surface area (Å²) < 4.78 is 4.53. The van der Waals surface area contributed by atoms with Gasteiger partial charge in [0.25, 0.3) is 0 Å². The molecular formula is C33H23N3. The molecule has 0 aliphatic heterocycles. The van der Waals surface area contributed by atoms with Gasteiger partial charge in [0.15, 0.2) is 0 Å². The number of benzene rings is 4. The van der Waals surface area contributed by atoms with Gasteiger partial charge < -0.3 is 9.13 Å². The Labute approximate surface area is 208 Å². The molecule has 0 amide bonds. The molecule has 0 aliphatic rings. The van der Waals surface area contributed by atoms with E-state index in [9.17, 15) is 0 Å². The molecule has 0 unspecified atom stereocenters. The van der Waals surface area contributed by atoms with Crippen molar-refractivity contribution < 1.29 is 0 Å². The monoisotopic (exact) mass is 461 g/mol. The Morgan fingerprint density at radius 1 is 0.639 bits per heavy atom. The van der Waals surface area contributed by atoms with E-state index >= 15 is 0 Å². The molecule has 170 valence electrons. The van der Waals surface area contributed by atoms with E-state index in [0.717, 1.165) is 44.3 Å². The van der Waals surface area contributed by atoms with E-state index in [-0.39, 0.29) is 0 Å². The Bertz CT molecular complexity index is 1960. The molecule has 0 saturated heterocycles. The summed E-state index contributed by atoms with van der Waals surface area (Å²) in [6, 6.07) is 30.1. The smallest absolute Gasteiger partial charge is 0.0723 e. The van der Waals surface area contributed by atoms with E-state index in [2.05, 4.69) is 106 Å². The number of hydrogen-bond acceptors (Lipinski definition) is 1. The minimum Gasteiger partial charge on any atom is -0.317 e. The van der Waals surface area contributed by atoms with Gasteiger partial charge in [-0.3, -0.25) is 4.98 Å². The van der Waals surface area contributed by atoms with Crippen LogP contribution in [0.5, 0.6) is 0 Å². The fourth-order valence-electron chi connectivity index (χ4n) is 5.54. The van der Waals surface area contributed by atoms with Crippen molar-refractivity contribution in [3.05, 3.63) is 128 Å². The van der Waals surface area contributed by atoms with Crippen molar-refractivity contribution in [1.29, 1.82) is 0 Å². The minimum atomic E-state index is 1.02. The zero-order chi connectivity index (χ0) is 24.2. The summed E-state index contributed by atoms with van der Waals surface area (Å²) in [6.45, 7) is 8.31. The largest absolute Gasteiger partial charge is 0.317 e. The normalized spacial score (nSPS) is 11.6. The second kappa shape index (κ2) is 7.82. The maximum Gasteiger partial charge on any atom is 0.0723 e. The van der Waals surface area contributed by atoms with Crippen LogP contribution in [0.15, 0.2) is 117 Å². The Balaban J connectivity index is 1.60. The first-order valence-electron chi connectivity index (χ1n) is 12.0. The van der Waals surface area contributed by atoms with Gasteiger partial charge in [0, 0.05) is 45.2 Å². The molecular weight excluding hydrogens is 438 g/mol. The zero-order valence-electron chi connectivity index (χ0n) is 19.7. The Morgan fingerprint density at radius 3 is 2.31 bits per heavy atom. The number of fused-ring (bicyclic) bond motifs is 5. The highest BCUT2D eigenvalue weighted by Crippen LogP contribution is 2.38. The SMILES string of the molecule is C=Cc1c(C=C)n(-c2cncc3ccccc23)c2cc3c(ccc4c3ccn4-c3ccccc3)cc12. The molecule has 4 aromatic carbocycles. The van der Waals surface area contributed by atoms with Crippen LogP contribution in [0.25, 0.3) is 66.9 Å². The summed E-state index contributed by atoms with van der Waals surface area (Å²) >= 11 is 0. The standard InChI is InChI=1S/C33H23N3/c1-3-25-29-18-22-14-15-31-27(16-17-35(31)24-11-6-5-7-12-24)28(22)19-32(29)36(30(25)4-2)33-21-34-20-23-10-8-9-13-26(23)33/h3-21H,1-2H2. The van der Waals surface area contributed by atoms with Crippen molar-refractivity contribution in [3.63, 3.8) is 0 Å². The Morgan fingerprint density at radius 2 is 1.47 bits per heavy atom. The van der Waals surface area contributed by atoms with Crippen molar-refractivity contribution in [1.82, 2.24) is 14.1 Å². The lowest BCUT2D eigenvalue weighted by molar-refractivity contribution is 1.10. The summed E-state index contributed by atoms with van der Waals surface area (Å²) in [7, 11) is 0. The number of rotatable bonds is 4. The Hall–Kier alpha value is -4.89. The second-order valence-electron chi connectivity index (χ2n) is 9.03. The first-order chi connectivity index (χ1) is 17.8. The van der Waals surface area contributed by atoms with Gasteiger partial charge in [-0.2, -0.15) is 0 Å². The molecule has 0 atom stereocenters. The first-order valence-corrected chi connectivity index (χ1v) is 12.0. The molecule has 3 aromatic heterocycles. The van der Waals surface area contributed by atoms with Crippen molar-refractivity contribution >= 4 is 55.5 Å². The van der Waals surface area contributed by atoms with Gasteiger partial charge in [-0.1, -0.05) is 67.8 Å². The lowest BCUT2D eigenvalue weighted by Gasteiger charge is -2.12. The molecule has 3 heterocycles. The highest BCUT2D eigenvalue weighted by molar-refractivity contribution is 6.13. The van der Waals surface area contributed by atoms with Crippen LogP contribution in [-0.2, 0) is 0 Å². The summed E-state index contributed by atoms with van der Waals surface area (Å²) in [6.07, 6.45) is 9.87. The van der Waals surface area contributed by atoms with E-state index in [1.165, 1.54) is 21.7 Å². The van der Waals surface area contributed by atoms with Gasteiger partial charge in [0.2, 0.25) is 0 Å². The predicted molar refractivity (Wildman–Crippen MR) is 153 cm³/mol. The Kier molecular flexibility index (Phi) is 4.45. The van der Waals surface area contributed by atoms with Gasteiger partial charge in [-0.15, -0.1) is 0 Å². The summed E-state index contributed by atoms with van der Waals surface area (Å²) in [5.41, 5.74) is 6.59. The molecule has 0 fully saturated rings. The number of aromatic nitrogens is 3. The minimum absolute atomic E-state index is 1.02. The third kappa shape index (κ3) is 2.83. The van der Waals surface area contributed by atoms with Crippen LogP contribution >= 0.6 is 0 Å². The molecule has 0 radical (unpaired) electrons. The van der Waals surface area contributed by atoms with Crippen LogP contribution in [0, 0.1) is 0 Å². The highest BCUT2D eigenvalue weighted by atomic mass is 15.0. The third-order valence-corrected chi connectivity index (χ3v) is 7.17. The zero-order valence-corrected chi connectivity index (χ0v) is 19.7. The lowest BCUT2D eigenvalue weighted by Crippen LogP contribution is -1.99. The number of pyridine rings is 1. The van der Waals surface area contributed by atoms with E-state index in [1.54, 1.807) is 0 Å². The first kappa shape index (κ1) is 20.5. The van der Waals surface area contributed by atoms with Crippen LogP contribution in [0.4, 0.5) is 0 Å². The topological polar surface area (TPSA) is 22.8 Å². The van der Waals surface area contributed by atoms with Gasteiger partial charge in [-0.05, 0) is 53.2 Å². The summed E-state index contributed by atoms with van der Waals surface area (Å²) in [4.78, 5) is 4.57. The van der Waals surface area contributed by atoms with Crippen LogP contribution in [0.3, 0.4) is 0 Å². The van der Waals surface area contributed by atoms with E-state index in [1.807, 2.05) is 36.7 Å². The summed E-state index contributed by atoms with van der Waals surface area (Å²) in [5, 5.41) is 7.05. The quantitative estimate of drug-likeness (QED) is 0.257. The van der Waals surface area contributed by atoms with Gasteiger partial charge in [0.05, 0.1) is 28.6 Å². The molecule has 0 N–H and O–H groups in total. The van der Waals surface area contributed by atoms with Crippen LogP contribution in [-0.4, -0.2) is 14.1 Å². The van der Waals surface area contributed by atoms with Crippen LogP contribution in [0.2, 0.25) is 0 Å². The van der Waals surface area contributed by atoms with E-state index < -0.39 is 0 Å². The molecule has 3 heteroatoms. The second-order valence-corrected chi connectivity index (χ2v) is 9.03. The summed E-state index contributed by atoms with van der Waals surface area (Å²) in [5.74, 6) is 0. The molecule has 3 nitrogen and oxygen atoms in total. The van der Waals surface area contributed by atoms with Gasteiger partial charge in [-0.25, -0.2) is 0 Å². The molecule has 0 aliphatic carbocycles. The van der Waals surface area contributed by atoms with E-state index in [4.69, 9.17) is 0 Å². The van der Waals surface area contributed by atoms with Gasteiger partial charge in [0.1, 0.15) is 0 Å². The van der Waals surface area contributed by atoms with E-state index in [0.29, 0.717) is 0 Å². The van der Waals surface area contributed by atoms with Crippen molar-refractivity contribution in [3.8, 4) is 11.4 Å². The van der Waals surface area contributed by atoms with Gasteiger partial charge >= 0.3 is 0 Å². The molecule has 7 aromatic rings. The molecule has 0 saturated carbocycles. The van der Waals surface area contributed by atoms with Crippen molar-refractivity contribution in [2.75, 3.05) is 0 Å². The lowest BCUT2D eigenvalue weighted by atomic mass is 10.0. The number of para-hydroxylation sites is 1. The number of hydrogen-bond donors (Lipinski definition) is 0. The predicted octanol–water partition coefficient (Wildman–Crippen LogP) is 8.56. The molecule has 36 heavy (non-hydrogen) atoms. The van der Waals surface area contributed by atoms with Crippen LogP contribution in [0.1, 0.15) is 11.3 Å². The maximum absolute atomic E-state index is 4.57. The van der Waals surface area contributed by atoms with Crippen LogP contribution < -0.4 is 0 Å². The molecule has 7 rings (SSSR count). The number of nitrogens with zero attached hydrogens (tertiary/aromatic N) is 3. The van der Waals surface area contributed by atoms with Crippen molar-refractivity contribution in [2.45, 2.75) is 0 Å². The third-order valence-electron chi connectivity index (χ3n) is 7.17. The average molecular weight is 462 g/mol. The highest BCUT2D eigenvalue weighted by Gasteiger charge is 2.18. The molecule has 0 bridgehead atoms. The average Bonchev–Trinajstić information content (AvgIpc) is 3.50. The maximum atomic E-state index is 4.57. The fraction of sp³-hybridized carbons (Fsp3) is 0. The fourth-order valence-corrected chi connectivity index (χ4v) is 5.54. The van der Waals surface area contributed by atoms with Crippen molar-refractivity contribution in [2.24, 2.45) is 0 Å². The molecule has 0 spiro atoms.